The first-order valence-electron chi connectivity index (χ1n) is 4.64. The molecule has 0 aliphatic carbocycles. The number of hydrogen-bond acceptors (Lipinski definition) is 5. The van der Waals surface area contributed by atoms with Gasteiger partial charge in [0, 0.05) is 19.2 Å². The first-order chi connectivity index (χ1) is 7.36. The van der Waals surface area contributed by atoms with E-state index in [0.717, 1.165) is 5.82 Å². The molecule has 0 aliphatic heterocycles. The van der Waals surface area contributed by atoms with Crippen molar-refractivity contribution in [2.45, 2.75) is 6.42 Å². The second-order valence-corrected chi connectivity index (χ2v) is 2.79. The molecule has 0 aromatic carbocycles. The molecule has 0 bridgehead atoms. The van der Waals surface area contributed by atoms with E-state index in [1.54, 1.807) is 12.1 Å². The Morgan fingerprint density at radius 3 is 2.80 bits per heavy atom. The van der Waals surface area contributed by atoms with Crippen LogP contribution >= 0.6 is 0 Å². The fourth-order valence-corrected chi connectivity index (χ4v) is 0.974. The standard InChI is InChI=1S/C10H13N5/c1-2-5-12-9-7-10(15-8-14-9)13-6-3-4-11/h2,7-8H,1,3,5-6H2,(H2,12,13,14,15). The quantitative estimate of drug-likeness (QED) is 0.540. The average Bonchev–Trinajstić information content (AvgIpc) is 2.27. The van der Waals surface area contributed by atoms with Crippen LogP contribution in [0, 0.1) is 11.3 Å². The number of hydrogen-bond donors (Lipinski definition) is 2. The fourth-order valence-electron chi connectivity index (χ4n) is 0.974. The zero-order chi connectivity index (χ0) is 10.9. The first-order valence-corrected chi connectivity index (χ1v) is 4.64. The molecule has 1 heterocycles. The maximum Gasteiger partial charge on any atom is 0.131 e. The van der Waals surface area contributed by atoms with Gasteiger partial charge in [-0.25, -0.2) is 9.97 Å². The maximum absolute atomic E-state index is 8.37. The van der Waals surface area contributed by atoms with Crippen molar-refractivity contribution < 1.29 is 0 Å². The van der Waals surface area contributed by atoms with Gasteiger partial charge in [-0.2, -0.15) is 5.26 Å². The van der Waals surface area contributed by atoms with Crippen molar-refractivity contribution in [3.05, 3.63) is 25.0 Å². The van der Waals surface area contributed by atoms with E-state index in [9.17, 15) is 0 Å². The summed E-state index contributed by atoms with van der Waals surface area (Å²) >= 11 is 0. The summed E-state index contributed by atoms with van der Waals surface area (Å²) in [5.41, 5.74) is 0. The molecule has 0 unspecified atom stereocenters. The minimum Gasteiger partial charge on any atom is -0.369 e. The van der Waals surface area contributed by atoms with E-state index in [0.29, 0.717) is 25.3 Å². The number of nitrogens with one attached hydrogen (secondary N) is 2. The molecule has 78 valence electrons. The average molecular weight is 203 g/mol. The van der Waals surface area contributed by atoms with E-state index >= 15 is 0 Å². The van der Waals surface area contributed by atoms with Crippen molar-refractivity contribution in [3.8, 4) is 6.07 Å². The van der Waals surface area contributed by atoms with Crippen LogP contribution in [0.15, 0.2) is 25.0 Å². The number of aromatic nitrogens is 2. The highest BCUT2D eigenvalue weighted by Gasteiger charge is 1.96. The van der Waals surface area contributed by atoms with Gasteiger partial charge in [-0.1, -0.05) is 6.08 Å². The van der Waals surface area contributed by atoms with E-state index in [-0.39, 0.29) is 0 Å². The lowest BCUT2D eigenvalue weighted by molar-refractivity contribution is 1.04. The molecule has 0 spiro atoms. The van der Waals surface area contributed by atoms with E-state index in [1.165, 1.54) is 6.33 Å². The molecule has 0 amide bonds. The molecule has 0 fully saturated rings. The highest BCUT2D eigenvalue weighted by molar-refractivity contribution is 5.46. The number of rotatable bonds is 6. The summed E-state index contributed by atoms with van der Waals surface area (Å²) in [7, 11) is 0. The minimum atomic E-state index is 0.458. The van der Waals surface area contributed by atoms with Gasteiger partial charge in [-0.05, 0) is 0 Å². The Hall–Kier alpha value is -2.09. The lowest BCUT2D eigenvalue weighted by Crippen LogP contribution is -2.05. The summed E-state index contributed by atoms with van der Waals surface area (Å²) in [6.07, 6.45) is 3.68. The number of nitrogens with zero attached hydrogens (tertiary/aromatic N) is 3. The summed E-state index contributed by atoms with van der Waals surface area (Å²) in [5.74, 6) is 1.45. The molecule has 0 radical (unpaired) electrons. The van der Waals surface area contributed by atoms with Crippen LogP contribution in [0.3, 0.4) is 0 Å². The highest BCUT2D eigenvalue weighted by atomic mass is 15.1. The van der Waals surface area contributed by atoms with Gasteiger partial charge in [-0.15, -0.1) is 6.58 Å². The van der Waals surface area contributed by atoms with Gasteiger partial charge in [0.05, 0.1) is 12.5 Å². The third-order valence-corrected chi connectivity index (χ3v) is 1.64. The van der Waals surface area contributed by atoms with Crippen LogP contribution in [0.1, 0.15) is 6.42 Å². The Labute approximate surface area is 88.9 Å². The summed E-state index contributed by atoms with van der Waals surface area (Å²) in [5, 5.41) is 14.4. The Morgan fingerprint density at radius 1 is 1.40 bits per heavy atom. The van der Waals surface area contributed by atoms with Crippen LogP contribution in [0.4, 0.5) is 11.6 Å². The van der Waals surface area contributed by atoms with Crippen LogP contribution < -0.4 is 10.6 Å². The second-order valence-electron chi connectivity index (χ2n) is 2.79. The molecule has 0 atom stereocenters. The van der Waals surface area contributed by atoms with Crippen LogP contribution in [-0.4, -0.2) is 23.1 Å². The normalized spacial score (nSPS) is 9.00. The zero-order valence-electron chi connectivity index (χ0n) is 8.40. The predicted octanol–water partition coefficient (Wildman–Crippen LogP) is 1.40. The first kappa shape index (κ1) is 11.0. The van der Waals surface area contributed by atoms with Crippen molar-refractivity contribution in [3.63, 3.8) is 0 Å². The zero-order valence-corrected chi connectivity index (χ0v) is 8.40. The topological polar surface area (TPSA) is 73.6 Å². The van der Waals surface area contributed by atoms with Gasteiger partial charge in [0.1, 0.15) is 18.0 Å². The molecule has 2 N–H and O–H groups in total. The largest absolute Gasteiger partial charge is 0.369 e. The predicted molar refractivity (Wildman–Crippen MR) is 59.4 cm³/mol. The lowest BCUT2D eigenvalue weighted by Gasteiger charge is -2.05. The Morgan fingerprint density at radius 2 is 2.13 bits per heavy atom. The van der Waals surface area contributed by atoms with Crippen LogP contribution in [0.25, 0.3) is 0 Å². The molecule has 5 heteroatoms. The fraction of sp³-hybridized carbons (Fsp3) is 0.300. The third kappa shape index (κ3) is 4.09. The van der Waals surface area contributed by atoms with Crippen molar-refractivity contribution >= 4 is 11.6 Å². The maximum atomic E-state index is 8.37. The van der Waals surface area contributed by atoms with E-state index < -0.39 is 0 Å². The molecule has 15 heavy (non-hydrogen) atoms. The number of nitriles is 1. The lowest BCUT2D eigenvalue weighted by atomic mass is 10.4. The van der Waals surface area contributed by atoms with Crippen molar-refractivity contribution in [2.75, 3.05) is 23.7 Å². The van der Waals surface area contributed by atoms with Gasteiger partial charge in [0.2, 0.25) is 0 Å². The van der Waals surface area contributed by atoms with Crippen LogP contribution in [0.2, 0.25) is 0 Å². The van der Waals surface area contributed by atoms with Gasteiger partial charge < -0.3 is 10.6 Å². The van der Waals surface area contributed by atoms with E-state index in [4.69, 9.17) is 5.26 Å². The van der Waals surface area contributed by atoms with Crippen LogP contribution in [-0.2, 0) is 0 Å². The second kappa shape index (κ2) is 6.38. The van der Waals surface area contributed by atoms with E-state index in [2.05, 4.69) is 33.2 Å². The summed E-state index contributed by atoms with van der Waals surface area (Å²) in [6, 6.07) is 3.84. The van der Waals surface area contributed by atoms with Crippen molar-refractivity contribution in [1.82, 2.24) is 9.97 Å². The third-order valence-electron chi connectivity index (χ3n) is 1.64. The summed E-state index contributed by atoms with van der Waals surface area (Å²) in [6.45, 7) is 4.85. The molecule has 1 rings (SSSR count). The smallest absolute Gasteiger partial charge is 0.131 e. The Kier molecular flexibility index (Phi) is 4.67. The number of anilines is 2. The molecule has 1 aromatic heterocycles. The van der Waals surface area contributed by atoms with E-state index in [1.807, 2.05) is 0 Å². The molecule has 5 nitrogen and oxygen atoms in total. The highest BCUT2D eigenvalue weighted by Crippen LogP contribution is 2.07. The molecular weight excluding hydrogens is 190 g/mol. The van der Waals surface area contributed by atoms with Gasteiger partial charge >= 0.3 is 0 Å². The SMILES string of the molecule is C=CCNc1cc(NCCC#N)ncn1. The van der Waals surface area contributed by atoms with Gasteiger partial charge in [-0.3, -0.25) is 0 Å². The van der Waals surface area contributed by atoms with Gasteiger partial charge in [0.15, 0.2) is 0 Å². The van der Waals surface area contributed by atoms with Crippen molar-refractivity contribution in [1.29, 1.82) is 5.26 Å². The molecule has 0 saturated carbocycles. The van der Waals surface area contributed by atoms with Gasteiger partial charge in [0.25, 0.3) is 0 Å². The monoisotopic (exact) mass is 203 g/mol. The summed E-state index contributed by atoms with van der Waals surface area (Å²) in [4.78, 5) is 8.05. The Bertz CT molecular complexity index is 355. The molecule has 0 saturated heterocycles. The van der Waals surface area contributed by atoms with Crippen molar-refractivity contribution in [2.24, 2.45) is 0 Å². The van der Waals surface area contributed by atoms with Crippen LogP contribution in [0.5, 0.6) is 0 Å². The minimum absolute atomic E-state index is 0.458. The Balaban J connectivity index is 2.50. The molecular formula is C10H13N5. The molecule has 0 aliphatic rings. The molecule has 1 aromatic rings. The summed E-state index contributed by atoms with van der Waals surface area (Å²) < 4.78 is 0.